The zero-order valence-electron chi connectivity index (χ0n) is 15.1. The molecule has 4 rings (SSSR count). The van der Waals surface area contributed by atoms with Crippen molar-refractivity contribution < 1.29 is 8.42 Å². The summed E-state index contributed by atoms with van der Waals surface area (Å²) in [5.74, 6) is 0. The van der Waals surface area contributed by atoms with Gasteiger partial charge in [-0.2, -0.15) is 0 Å². The van der Waals surface area contributed by atoms with Crippen molar-refractivity contribution in [2.45, 2.75) is 48.7 Å². The van der Waals surface area contributed by atoms with E-state index in [-0.39, 0.29) is 0 Å². The van der Waals surface area contributed by atoms with Crippen LogP contribution >= 0.6 is 0 Å². The van der Waals surface area contributed by atoms with Gasteiger partial charge in [-0.15, -0.1) is 0 Å². The lowest BCUT2D eigenvalue weighted by molar-refractivity contribution is 0.481. The molecule has 0 N–H and O–H groups in total. The maximum absolute atomic E-state index is 13.6. The minimum atomic E-state index is -3.40. The van der Waals surface area contributed by atoms with Crippen molar-refractivity contribution in [1.82, 2.24) is 0 Å². The summed E-state index contributed by atoms with van der Waals surface area (Å²) >= 11 is 0. The second kappa shape index (κ2) is 6.55. The molecule has 0 heterocycles. The molecular weight excluding hydrogens is 340 g/mol. The Hall–Kier alpha value is -2.13. The van der Waals surface area contributed by atoms with Crippen molar-refractivity contribution in [2.75, 3.05) is 0 Å². The van der Waals surface area contributed by atoms with Crippen LogP contribution in [0.4, 0.5) is 0 Å². The van der Waals surface area contributed by atoms with Crippen molar-refractivity contribution in [2.24, 2.45) is 0 Å². The van der Waals surface area contributed by atoms with Crippen LogP contribution in [0.25, 0.3) is 6.08 Å². The van der Waals surface area contributed by atoms with Gasteiger partial charge in [0.05, 0.1) is 4.90 Å². The number of benzene rings is 2. The molecule has 0 saturated heterocycles. The summed E-state index contributed by atoms with van der Waals surface area (Å²) in [5.41, 5.74) is 4.66. The van der Waals surface area contributed by atoms with E-state index in [1.54, 1.807) is 12.1 Å². The van der Waals surface area contributed by atoms with Crippen molar-refractivity contribution >= 4 is 15.9 Å². The van der Waals surface area contributed by atoms with Crippen molar-refractivity contribution in [3.8, 4) is 0 Å². The average molecular weight is 365 g/mol. The SMILES string of the molecule is CC1=C2/C(=C/c3ccccc3)CCCCC2(S(=O)(=O)c2ccccc2)C1. The Labute approximate surface area is 156 Å². The van der Waals surface area contributed by atoms with E-state index in [0.29, 0.717) is 11.3 Å². The van der Waals surface area contributed by atoms with E-state index < -0.39 is 14.6 Å². The Morgan fingerprint density at radius 3 is 2.23 bits per heavy atom. The Morgan fingerprint density at radius 2 is 1.58 bits per heavy atom. The fourth-order valence-corrected chi connectivity index (χ4v) is 6.96. The average Bonchev–Trinajstić information content (AvgIpc) is 2.79. The molecule has 1 saturated carbocycles. The highest BCUT2D eigenvalue weighted by molar-refractivity contribution is 7.93. The molecule has 0 bridgehead atoms. The monoisotopic (exact) mass is 364 g/mol. The van der Waals surface area contributed by atoms with E-state index >= 15 is 0 Å². The third kappa shape index (κ3) is 2.66. The molecule has 2 aliphatic carbocycles. The molecule has 1 unspecified atom stereocenters. The lowest BCUT2D eigenvalue weighted by Crippen LogP contribution is -2.47. The molecule has 134 valence electrons. The smallest absolute Gasteiger partial charge is 0.188 e. The second-order valence-corrected chi connectivity index (χ2v) is 9.69. The summed E-state index contributed by atoms with van der Waals surface area (Å²) in [6.07, 6.45) is 6.53. The molecule has 3 heteroatoms. The molecule has 0 amide bonds. The molecule has 26 heavy (non-hydrogen) atoms. The van der Waals surface area contributed by atoms with Crippen LogP contribution < -0.4 is 0 Å². The predicted molar refractivity (Wildman–Crippen MR) is 107 cm³/mol. The number of hydrogen-bond donors (Lipinski definition) is 0. The lowest BCUT2D eigenvalue weighted by Gasteiger charge is -2.45. The highest BCUT2D eigenvalue weighted by Crippen LogP contribution is 2.55. The normalized spacial score (nSPS) is 24.7. The summed E-state index contributed by atoms with van der Waals surface area (Å²) in [6, 6.07) is 19.2. The molecule has 0 spiro atoms. The molecule has 2 nitrogen and oxygen atoms in total. The standard InChI is InChI=1S/C23H24O2S/c1-18-17-23(26(24,25)21-13-6-3-7-14-21)15-9-8-12-20(22(18)23)16-19-10-4-2-5-11-19/h2-7,10-11,13-14,16H,8-9,12,15,17H2,1H3/b20-16+. The van der Waals surface area contributed by atoms with Gasteiger partial charge >= 0.3 is 0 Å². The third-order valence-electron chi connectivity index (χ3n) is 5.74. The van der Waals surface area contributed by atoms with Crippen LogP contribution in [-0.2, 0) is 9.84 Å². The van der Waals surface area contributed by atoms with Crippen LogP contribution in [0.1, 0.15) is 44.6 Å². The first-order valence-corrected chi connectivity index (χ1v) is 10.8. The predicted octanol–water partition coefficient (Wildman–Crippen LogP) is 5.58. The minimum absolute atomic E-state index is 0.450. The first-order valence-electron chi connectivity index (χ1n) is 9.30. The first-order chi connectivity index (χ1) is 12.5. The molecule has 2 aromatic carbocycles. The highest BCUT2D eigenvalue weighted by atomic mass is 32.2. The Morgan fingerprint density at radius 1 is 0.923 bits per heavy atom. The fourth-order valence-electron chi connectivity index (χ4n) is 4.60. The minimum Gasteiger partial charge on any atom is -0.223 e. The number of sulfone groups is 1. The summed E-state index contributed by atoms with van der Waals surface area (Å²) in [5, 5.41) is 0. The van der Waals surface area contributed by atoms with Gasteiger partial charge in [0.15, 0.2) is 9.84 Å². The van der Waals surface area contributed by atoms with Crippen molar-refractivity contribution in [3.05, 3.63) is 82.9 Å². The quantitative estimate of drug-likeness (QED) is 0.713. The fraction of sp³-hybridized carbons (Fsp3) is 0.304. The summed E-state index contributed by atoms with van der Waals surface area (Å²) < 4.78 is 26.5. The molecule has 0 aromatic heterocycles. The number of fused-ring (bicyclic) bond motifs is 1. The highest BCUT2D eigenvalue weighted by Gasteiger charge is 2.55. The maximum Gasteiger partial charge on any atom is 0.188 e. The number of allylic oxidation sites excluding steroid dienone is 2. The molecule has 0 radical (unpaired) electrons. The van der Waals surface area contributed by atoms with Crippen LogP contribution in [0.2, 0.25) is 0 Å². The number of rotatable bonds is 3. The second-order valence-electron chi connectivity index (χ2n) is 7.43. The van der Waals surface area contributed by atoms with E-state index in [2.05, 4.69) is 25.1 Å². The van der Waals surface area contributed by atoms with Crippen molar-refractivity contribution in [1.29, 1.82) is 0 Å². The van der Waals surface area contributed by atoms with E-state index in [1.807, 2.05) is 36.4 Å². The van der Waals surface area contributed by atoms with Crippen LogP contribution in [0.15, 0.2) is 82.3 Å². The van der Waals surface area contributed by atoms with E-state index in [0.717, 1.165) is 36.8 Å². The van der Waals surface area contributed by atoms with Gasteiger partial charge in [-0.05, 0) is 61.4 Å². The Balaban J connectivity index is 1.84. The van der Waals surface area contributed by atoms with Crippen LogP contribution in [0.5, 0.6) is 0 Å². The van der Waals surface area contributed by atoms with Gasteiger partial charge in [-0.25, -0.2) is 8.42 Å². The summed E-state index contributed by atoms with van der Waals surface area (Å²) in [7, 11) is -3.40. The Bertz CT molecular complexity index is 969. The van der Waals surface area contributed by atoms with Crippen LogP contribution in [0.3, 0.4) is 0 Å². The largest absolute Gasteiger partial charge is 0.223 e. The van der Waals surface area contributed by atoms with E-state index in [9.17, 15) is 8.42 Å². The topological polar surface area (TPSA) is 34.1 Å². The lowest BCUT2D eigenvalue weighted by atomic mass is 9.72. The molecule has 0 aliphatic heterocycles. The van der Waals surface area contributed by atoms with Crippen LogP contribution in [0, 0.1) is 0 Å². The van der Waals surface area contributed by atoms with Gasteiger partial charge in [0, 0.05) is 0 Å². The third-order valence-corrected chi connectivity index (χ3v) is 8.21. The summed E-state index contributed by atoms with van der Waals surface area (Å²) in [6.45, 7) is 2.10. The van der Waals surface area contributed by atoms with Gasteiger partial charge in [0.25, 0.3) is 0 Å². The molecule has 1 fully saturated rings. The zero-order valence-corrected chi connectivity index (χ0v) is 15.9. The van der Waals surface area contributed by atoms with Gasteiger partial charge in [-0.3, -0.25) is 0 Å². The van der Waals surface area contributed by atoms with Crippen LogP contribution in [-0.4, -0.2) is 13.2 Å². The van der Waals surface area contributed by atoms with E-state index in [1.165, 1.54) is 11.1 Å². The van der Waals surface area contributed by atoms with Gasteiger partial charge in [-0.1, -0.05) is 66.6 Å². The summed E-state index contributed by atoms with van der Waals surface area (Å²) in [4.78, 5) is 0.450. The van der Waals surface area contributed by atoms with Gasteiger partial charge in [0.2, 0.25) is 0 Å². The first kappa shape index (κ1) is 17.3. The molecule has 2 aliphatic rings. The molecule has 1 atom stereocenters. The zero-order chi connectivity index (χ0) is 18.2. The Kier molecular flexibility index (Phi) is 4.36. The van der Waals surface area contributed by atoms with Crippen molar-refractivity contribution in [3.63, 3.8) is 0 Å². The van der Waals surface area contributed by atoms with E-state index in [4.69, 9.17) is 0 Å². The van der Waals surface area contributed by atoms with Gasteiger partial charge in [0.1, 0.15) is 4.75 Å². The maximum atomic E-state index is 13.6. The molecular formula is C23H24O2S. The van der Waals surface area contributed by atoms with Gasteiger partial charge < -0.3 is 0 Å². The molecule has 2 aromatic rings. The number of hydrogen-bond acceptors (Lipinski definition) is 2.